The number of aliphatic hydroxyl groups excluding tert-OH is 1. The molecule has 0 aromatic heterocycles. The van der Waals surface area contributed by atoms with E-state index in [-0.39, 0.29) is 25.8 Å². The fraction of sp³-hybridized carbons (Fsp3) is 0.571. The van der Waals surface area contributed by atoms with E-state index in [2.05, 4.69) is 0 Å². The highest BCUT2D eigenvalue weighted by Gasteiger charge is 2.36. The van der Waals surface area contributed by atoms with Gasteiger partial charge in [0.25, 0.3) is 0 Å². The summed E-state index contributed by atoms with van der Waals surface area (Å²) in [7, 11) is -3.65. The minimum absolute atomic E-state index is 0.156. The zero-order valence-electron chi connectivity index (χ0n) is 12.5. The molecule has 0 bridgehead atoms. The minimum atomic E-state index is -3.65. The molecule has 7 heteroatoms. The Hall–Kier alpha value is -1.15. The van der Waals surface area contributed by atoms with Gasteiger partial charge in [-0.05, 0) is 44.0 Å². The third-order valence-electron chi connectivity index (χ3n) is 3.70. The fourth-order valence-electron chi connectivity index (χ4n) is 2.75. The van der Waals surface area contributed by atoms with Crippen LogP contribution >= 0.6 is 0 Å². The van der Waals surface area contributed by atoms with Crippen molar-refractivity contribution in [3.63, 3.8) is 0 Å². The number of rotatable bonds is 3. The summed E-state index contributed by atoms with van der Waals surface area (Å²) in [6.07, 6.45) is -0.481. The standard InChI is InChI=1S/C14H22N2O4S/c1-9-4-12(15)5-10(2)14(9)21(18,19)16-6-13(7-17)20-8-11(16)3/h4-5,11,13,17H,6-8,15H2,1-3H3. The molecule has 0 saturated carbocycles. The quantitative estimate of drug-likeness (QED) is 0.799. The van der Waals surface area contributed by atoms with Crippen LogP contribution in [0.4, 0.5) is 5.69 Å². The van der Waals surface area contributed by atoms with Crippen molar-refractivity contribution in [2.24, 2.45) is 0 Å². The Morgan fingerprint density at radius 1 is 1.38 bits per heavy atom. The molecule has 3 N–H and O–H groups in total. The Morgan fingerprint density at radius 2 is 1.95 bits per heavy atom. The van der Waals surface area contributed by atoms with E-state index in [1.165, 1.54) is 4.31 Å². The average molecular weight is 314 g/mol. The SMILES string of the molecule is Cc1cc(N)cc(C)c1S(=O)(=O)N1CC(CO)OCC1C. The highest BCUT2D eigenvalue weighted by atomic mass is 32.2. The third kappa shape index (κ3) is 3.06. The second kappa shape index (κ2) is 5.92. The molecule has 118 valence electrons. The molecule has 1 saturated heterocycles. The first-order valence-electron chi connectivity index (χ1n) is 6.88. The van der Waals surface area contributed by atoms with Gasteiger partial charge in [0, 0.05) is 18.3 Å². The van der Waals surface area contributed by atoms with Crippen LogP contribution in [-0.2, 0) is 14.8 Å². The Labute approximate surface area is 125 Å². The van der Waals surface area contributed by atoms with Crippen molar-refractivity contribution >= 4 is 15.7 Å². The van der Waals surface area contributed by atoms with Crippen LogP contribution in [0.5, 0.6) is 0 Å². The number of hydrogen-bond donors (Lipinski definition) is 2. The van der Waals surface area contributed by atoms with Gasteiger partial charge in [-0.15, -0.1) is 0 Å². The number of anilines is 1. The number of hydrogen-bond acceptors (Lipinski definition) is 5. The van der Waals surface area contributed by atoms with Crippen molar-refractivity contribution in [3.05, 3.63) is 23.3 Å². The van der Waals surface area contributed by atoms with Gasteiger partial charge in [0.15, 0.2) is 0 Å². The van der Waals surface area contributed by atoms with E-state index in [9.17, 15) is 13.5 Å². The molecule has 1 aliphatic rings. The monoisotopic (exact) mass is 314 g/mol. The summed E-state index contributed by atoms with van der Waals surface area (Å²) >= 11 is 0. The Balaban J connectivity index is 2.46. The van der Waals surface area contributed by atoms with E-state index >= 15 is 0 Å². The lowest BCUT2D eigenvalue weighted by atomic mass is 10.1. The molecule has 0 spiro atoms. The van der Waals surface area contributed by atoms with Crippen LogP contribution in [-0.4, -0.2) is 49.7 Å². The second-order valence-corrected chi connectivity index (χ2v) is 7.37. The molecular formula is C14H22N2O4S. The van der Waals surface area contributed by atoms with Crippen molar-refractivity contribution in [1.29, 1.82) is 0 Å². The normalized spacial score (nSPS) is 24.2. The van der Waals surface area contributed by atoms with Crippen LogP contribution in [0.3, 0.4) is 0 Å². The summed E-state index contributed by atoms with van der Waals surface area (Å²) in [6.45, 7) is 5.52. The van der Waals surface area contributed by atoms with Gasteiger partial charge in [-0.25, -0.2) is 8.42 Å². The maximum Gasteiger partial charge on any atom is 0.244 e. The maximum atomic E-state index is 13.0. The van der Waals surface area contributed by atoms with Crippen molar-refractivity contribution in [3.8, 4) is 0 Å². The molecule has 0 radical (unpaired) electrons. The first-order valence-corrected chi connectivity index (χ1v) is 8.32. The van der Waals surface area contributed by atoms with E-state index in [4.69, 9.17) is 10.5 Å². The molecular weight excluding hydrogens is 292 g/mol. The Kier molecular flexibility index (Phi) is 4.57. The summed E-state index contributed by atoms with van der Waals surface area (Å²) < 4.78 is 32.7. The van der Waals surface area contributed by atoms with E-state index in [0.717, 1.165) is 0 Å². The van der Waals surface area contributed by atoms with Crippen LogP contribution in [0.15, 0.2) is 17.0 Å². The highest BCUT2D eigenvalue weighted by Crippen LogP contribution is 2.29. The number of aryl methyl sites for hydroxylation is 2. The largest absolute Gasteiger partial charge is 0.399 e. The molecule has 1 aliphatic heterocycles. The fourth-order valence-corrected chi connectivity index (χ4v) is 4.81. The molecule has 0 amide bonds. The molecule has 2 atom stereocenters. The van der Waals surface area contributed by atoms with Gasteiger partial charge >= 0.3 is 0 Å². The molecule has 0 aliphatic carbocycles. The summed E-state index contributed by atoms with van der Waals surface area (Å²) in [5, 5.41) is 9.21. The van der Waals surface area contributed by atoms with Crippen LogP contribution in [0, 0.1) is 13.8 Å². The van der Waals surface area contributed by atoms with Crippen molar-refractivity contribution < 1.29 is 18.3 Å². The average Bonchev–Trinajstić information content (AvgIpc) is 2.37. The summed E-state index contributed by atoms with van der Waals surface area (Å²) in [5.41, 5.74) is 7.57. The first kappa shape index (κ1) is 16.2. The number of nitrogens with zero attached hydrogens (tertiary/aromatic N) is 1. The molecule has 21 heavy (non-hydrogen) atoms. The molecule has 2 unspecified atom stereocenters. The summed E-state index contributed by atoms with van der Waals surface area (Å²) in [5.74, 6) is 0. The molecule has 1 heterocycles. The van der Waals surface area contributed by atoms with Crippen LogP contribution in [0.25, 0.3) is 0 Å². The molecule has 1 aromatic rings. The number of nitrogen functional groups attached to an aromatic ring is 1. The van der Waals surface area contributed by atoms with Gasteiger partial charge < -0.3 is 15.6 Å². The van der Waals surface area contributed by atoms with Crippen molar-refractivity contribution in [2.45, 2.75) is 37.8 Å². The number of ether oxygens (including phenoxy) is 1. The molecule has 1 aromatic carbocycles. The lowest BCUT2D eigenvalue weighted by molar-refractivity contribution is -0.0516. The topological polar surface area (TPSA) is 92.9 Å². The zero-order chi connectivity index (χ0) is 15.8. The Bertz CT molecular complexity index is 607. The summed E-state index contributed by atoms with van der Waals surface area (Å²) in [6, 6.07) is 3.05. The predicted molar refractivity (Wildman–Crippen MR) is 80.5 cm³/mol. The Morgan fingerprint density at radius 3 is 2.48 bits per heavy atom. The van der Waals surface area contributed by atoms with Crippen LogP contribution < -0.4 is 5.73 Å². The van der Waals surface area contributed by atoms with Gasteiger partial charge in [-0.3, -0.25) is 0 Å². The first-order chi connectivity index (χ1) is 9.77. The van der Waals surface area contributed by atoms with Crippen molar-refractivity contribution in [2.75, 3.05) is 25.5 Å². The van der Waals surface area contributed by atoms with E-state index < -0.39 is 16.1 Å². The van der Waals surface area contributed by atoms with E-state index in [1.54, 1.807) is 32.9 Å². The van der Waals surface area contributed by atoms with Gasteiger partial charge in [-0.2, -0.15) is 4.31 Å². The van der Waals surface area contributed by atoms with Crippen LogP contribution in [0.1, 0.15) is 18.1 Å². The van der Waals surface area contributed by atoms with Gasteiger partial charge in [0.2, 0.25) is 10.0 Å². The second-order valence-electron chi connectivity index (χ2n) is 5.55. The van der Waals surface area contributed by atoms with Gasteiger partial charge in [0.05, 0.1) is 24.2 Å². The smallest absolute Gasteiger partial charge is 0.244 e. The van der Waals surface area contributed by atoms with Gasteiger partial charge in [0.1, 0.15) is 0 Å². The lowest BCUT2D eigenvalue weighted by Crippen LogP contribution is -2.52. The maximum absolute atomic E-state index is 13.0. The number of sulfonamides is 1. The molecule has 6 nitrogen and oxygen atoms in total. The highest BCUT2D eigenvalue weighted by molar-refractivity contribution is 7.89. The summed E-state index contributed by atoms with van der Waals surface area (Å²) in [4.78, 5) is 0.294. The van der Waals surface area contributed by atoms with Gasteiger partial charge in [-0.1, -0.05) is 0 Å². The number of benzene rings is 1. The number of aliphatic hydroxyl groups is 1. The molecule has 2 rings (SSSR count). The van der Waals surface area contributed by atoms with E-state index in [1.807, 2.05) is 0 Å². The lowest BCUT2D eigenvalue weighted by Gasteiger charge is -2.36. The van der Waals surface area contributed by atoms with E-state index in [0.29, 0.717) is 21.7 Å². The molecule has 1 fully saturated rings. The third-order valence-corrected chi connectivity index (χ3v) is 5.99. The number of morpholine rings is 1. The zero-order valence-corrected chi connectivity index (χ0v) is 13.4. The van der Waals surface area contributed by atoms with Crippen molar-refractivity contribution in [1.82, 2.24) is 4.31 Å². The van der Waals surface area contributed by atoms with Crippen LogP contribution in [0.2, 0.25) is 0 Å². The predicted octanol–water partition coefficient (Wildman–Crippen LogP) is 0.656. The minimum Gasteiger partial charge on any atom is -0.399 e. The number of nitrogens with two attached hydrogens (primary N) is 1.